The zero-order valence-electron chi connectivity index (χ0n) is 9.04. The number of hydrogen-bond acceptors (Lipinski definition) is 5. The van der Waals surface area contributed by atoms with E-state index in [4.69, 9.17) is 5.11 Å². The lowest BCUT2D eigenvalue weighted by Gasteiger charge is -2.02. The number of aliphatic carboxylic acids is 1. The molecule has 2 heterocycles. The van der Waals surface area contributed by atoms with E-state index < -0.39 is 5.97 Å². The molecule has 0 spiro atoms. The highest BCUT2D eigenvalue weighted by molar-refractivity contribution is 7.13. The third-order valence-corrected chi connectivity index (χ3v) is 2.91. The van der Waals surface area contributed by atoms with Gasteiger partial charge in [-0.15, -0.1) is 11.3 Å². The van der Waals surface area contributed by atoms with Crippen molar-refractivity contribution in [3.8, 4) is 0 Å². The Bertz CT molecular complexity index is 480. The van der Waals surface area contributed by atoms with Crippen LogP contribution in [0.2, 0.25) is 0 Å². The van der Waals surface area contributed by atoms with E-state index in [9.17, 15) is 4.79 Å². The number of nitrogens with one attached hydrogen (secondary N) is 1. The normalized spacial score (nSPS) is 10.4. The summed E-state index contributed by atoms with van der Waals surface area (Å²) in [5, 5.41) is 18.3. The van der Waals surface area contributed by atoms with Crippen molar-refractivity contribution in [3.63, 3.8) is 0 Å². The van der Waals surface area contributed by atoms with Crippen molar-refractivity contribution in [2.24, 2.45) is 0 Å². The summed E-state index contributed by atoms with van der Waals surface area (Å²) in [6.45, 7) is 1.46. The number of hydrogen-bond donors (Lipinski definition) is 2. The third kappa shape index (κ3) is 3.56. The van der Waals surface area contributed by atoms with Crippen molar-refractivity contribution >= 4 is 22.4 Å². The van der Waals surface area contributed by atoms with E-state index in [1.807, 2.05) is 16.9 Å². The fourth-order valence-corrected chi connectivity index (χ4v) is 2.07. The molecular formula is C10H12N4O2S. The monoisotopic (exact) mass is 252 g/mol. The van der Waals surface area contributed by atoms with Gasteiger partial charge in [-0.1, -0.05) is 0 Å². The van der Waals surface area contributed by atoms with Crippen LogP contribution in [0, 0.1) is 0 Å². The largest absolute Gasteiger partial charge is 0.481 e. The van der Waals surface area contributed by atoms with Gasteiger partial charge in [0.1, 0.15) is 0 Å². The minimum Gasteiger partial charge on any atom is -0.481 e. The molecule has 2 aromatic rings. The van der Waals surface area contributed by atoms with Crippen LogP contribution in [0.1, 0.15) is 5.69 Å². The number of rotatable bonds is 6. The van der Waals surface area contributed by atoms with Crippen LogP contribution in [-0.2, 0) is 17.8 Å². The van der Waals surface area contributed by atoms with Crippen LogP contribution in [0.3, 0.4) is 0 Å². The smallest absolute Gasteiger partial charge is 0.309 e. The van der Waals surface area contributed by atoms with Gasteiger partial charge >= 0.3 is 5.97 Å². The molecule has 0 saturated heterocycles. The van der Waals surface area contributed by atoms with Crippen LogP contribution in [0.25, 0.3) is 0 Å². The highest BCUT2D eigenvalue weighted by Gasteiger charge is 2.05. The van der Waals surface area contributed by atoms with Gasteiger partial charge in [-0.2, -0.15) is 5.10 Å². The van der Waals surface area contributed by atoms with Crippen molar-refractivity contribution in [1.29, 1.82) is 0 Å². The van der Waals surface area contributed by atoms with Gasteiger partial charge in [0, 0.05) is 24.3 Å². The molecule has 0 aliphatic carbocycles. The Kier molecular flexibility index (Phi) is 3.71. The molecule has 0 aliphatic rings. The van der Waals surface area contributed by atoms with Crippen LogP contribution < -0.4 is 5.32 Å². The predicted molar refractivity (Wildman–Crippen MR) is 64.2 cm³/mol. The minimum absolute atomic E-state index is 0.0304. The van der Waals surface area contributed by atoms with Crippen molar-refractivity contribution in [2.75, 3.05) is 11.9 Å². The number of carboxylic acids is 1. The summed E-state index contributed by atoms with van der Waals surface area (Å²) < 4.78 is 1.82. The van der Waals surface area contributed by atoms with Crippen molar-refractivity contribution in [2.45, 2.75) is 13.0 Å². The van der Waals surface area contributed by atoms with Gasteiger partial charge in [-0.05, 0) is 6.07 Å². The first-order valence-corrected chi connectivity index (χ1v) is 5.99. The van der Waals surface area contributed by atoms with Crippen LogP contribution in [0.5, 0.6) is 0 Å². The second kappa shape index (κ2) is 5.44. The first-order chi connectivity index (χ1) is 8.24. The quantitative estimate of drug-likeness (QED) is 0.804. The molecule has 0 amide bonds. The topological polar surface area (TPSA) is 80.0 Å². The lowest BCUT2D eigenvalue weighted by Crippen LogP contribution is -2.10. The maximum absolute atomic E-state index is 10.5. The Hall–Kier alpha value is -1.89. The number of nitrogens with zero attached hydrogens (tertiary/aromatic N) is 3. The molecule has 7 heteroatoms. The van der Waals surface area contributed by atoms with Gasteiger partial charge in [0.15, 0.2) is 5.13 Å². The standard InChI is InChI=1S/C10H12N4O2S/c15-9(16)6-8-7-17-10(13-8)11-3-5-14-4-1-2-12-14/h1-2,4,7H,3,5-6H2,(H,11,13)(H,15,16). The van der Waals surface area contributed by atoms with Crippen LogP contribution in [-0.4, -0.2) is 32.4 Å². The van der Waals surface area contributed by atoms with E-state index in [-0.39, 0.29) is 6.42 Å². The van der Waals surface area contributed by atoms with E-state index in [0.29, 0.717) is 12.2 Å². The molecule has 0 radical (unpaired) electrons. The van der Waals surface area contributed by atoms with Crippen molar-refractivity contribution < 1.29 is 9.90 Å². The van der Waals surface area contributed by atoms with Crippen molar-refractivity contribution in [1.82, 2.24) is 14.8 Å². The Balaban J connectivity index is 1.79. The molecule has 0 bridgehead atoms. The fourth-order valence-electron chi connectivity index (χ4n) is 1.33. The van der Waals surface area contributed by atoms with E-state index in [0.717, 1.165) is 11.7 Å². The Morgan fingerprint density at radius 3 is 3.18 bits per heavy atom. The summed E-state index contributed by atoms with van der Waals surface area (Å²) in [5.74, 6) is -0.863. The van der Waals surface area contributed by atoms with Crippen LogP contribution >= 0.6 is 11.3 Å². The Morgan fingerprint density at radius 1 is 1.59 bits per heavy atom. The molecule has 0 aliphatic heterocycles. The summed E-state index contributed by atoms with van der Waals surface area (Å²) in [6.07, 6.45) is 3.59. The maximum atomic E-state index is 10.5. The second-order valence-electron chi connectivity index (χ2n) is 3.41. The molecule has 0 fully saturated rings. The van der Waals surface area contributed by atoms with E-state index in [1.54, 1.807) is 11.6 Å². The summed E-state index contributed by atoms with van der Waals surface area (Å²) in [6, 6.07) is 1.87. The lowest BCUT2D eigenvalue weighted by molar-refractivity contribution is -0.136. The van der Waals surface area contributed by atoms with E-state index in [2.05, 4.69) is 15.4 Å². The van der Waals surface area contributed by atoms with Gasteiger partial charge in [0.25, 0.3) is 0 Å². The Morgan fingerprint density at radius 2 is 2.47 bits per heavy atom. The zero-order chi connectivity index (χ0) is 12.1. The Labute approximate surface area is 102 Å². The number of thiazole rings is 1. The first-order valence-electron chi connectivity index (χ1n) is 5.11. The molecule has 2 N–H and O–H groups in total. The van der Waals surface area contributed by atoms with E-state index in [1.165, 1.54) is 11.3 Å². The minimum atomic E-state index is -0.863. The van der Waals surface area contributed by atoms with Gasteiger partial charge < -0.3 is 10.4 Å². The summed E-state index contributed by atoms with van der Waals surface area (Å²) in [5.41, 5.74) is 0.587. The van der Waals surface area contributed by atoms with Crippen LogP contribution in [0.15, 0.2) is 23.8 Å². The SMILES string of the molecule is O=C(O)Cc1csc(NCCn2cccn2)n1. The highest BCUT2D eigenvalue weighted by Crippen LogP contribution is 2.15. The summed E-state index contributed by atoms with van der Waals surface area (Å²) >= 11 is 1.41. The number of carboxylic acid groups (broad SMARTS) is 1. The lowest BCUT2D eigenvalue weighted by atomic mass is 10.3. The van der Waals surface area contributed by atoms with Crippen LogP contribution in [0.4, 0.5) is 5.13 Å². The number of anilines is 1. The number of aromatic nitrogens is 3. The summed E-state index contributed by atoms with van der Waals surface area (Å²) in [7, 11) is 0. The van der Waals surface area contributed by atoms with Gasteiger partial charge in [-0.3, -0.25) is 9.48 Å². The zero-order valence-corrected chi connectivity index (χ0v) is 9.85. The fraction of sp³-hybridized carbons (Fsp3) is 0.300. The molecule has 2 aromatic heterocycles. The molecule has 6 nitrogen and oxygen atoms in total. The van der Waals surface area contributed by atoms with Crippen molar-refractivity contribution in [3.05, 3.63) is 29.5 Å². The average Bonchev–Trinajstić information content (AvgIpc) is 2.89. The molecular weight excluding hydrogens is 240 g/mol. The highest BCUT2D eigenvalue weighted by atomic mass is 32.1. The second-order valence-corrected chi connectivity index (χ2v) is 4.27. The molecule has 0 atom stereocenters. The number of carbonyl (C=O) groups is 1. The van der Waals surface area contributed by atoms with Gasteiger partial charge in [0.2, 0.25) is 0 Å². The third-order valence-electron chi connectivity index (χ3n) is 2.06. The molecule has 0 unspecified atom stereocenters. The van der Waals surface area contributed by atoms with E-state index >= 15 is 0 Å². The summed E-state index contributed by atoms with van der Waals surface area (Å²) in [4.78, 5) is 14.6. The molecule has 90 valence electrons. The predicted octanol–water partition coefficient (Wildman–Crippen LogP) is 1.08. The first kappa shape index (κ1) is 11.6. The molecule has 2 rings (SSSR count). The maximum Gasteiger partial charge on any atom is 0.309 e. The van der Waals surface area contributed by atoms with Gasteiger partial charge in [0.05, 0.1) is 18.7 Å². The van der Waals surface area contributed by atoms with Gasteiger partial charge in [-0.25, -0.2) is 4.98 Å². The average molecular weight is 252 g/mol. The molecule has 17 heavy (non-hydrogen) atoms. The molecule has 0 saturated carbocycles. The molecule has 0 aromatic carbocycles.